The van der Waals surface area contributed by atoms with Crippen LogP contribution in [0.2, 0.25) is 5.02 Å². The number of hydrogen-bond donors (Lipinski definition) is 1. The van der Waals surface area contributed by atoms with Crippen LogP contribution in [0.4, 0.5) is 8.78 Å². The third-order valence-corrected chi connectivity index (χ3v) is 7.11. The Morgan fingerprint density at radius 3 is 2.11 bits per heavy atom. The summed E-state index contributed by atoms with van der Waals surface area (Å²) in [6.07, 6.45) is -1.25. The number of nitrogens with zero attached hydrogens (tertiary/aromatic N) is 1. The number of fused-ring (bicyclic) bond motifs is 1. The highest BCUT2D eigenvalue weighted by molar-refractivity contribution is 6.31. The topological polar surface area (TPSA) is 66.8 Å². The Morgan fingerprint density at radius 2 is 1.58 bits per heavy atom. The summed E-state index contributed by atoms with van der Waals surface area (Å²) >= 11 is 5.79. The number of carboxylic acid groups (broad SMARTS) is 1. The fourth-order valence-electron chi connectivity index (χ4n) is 5.03. The minimum absolute atomic E-state index is 0.0597. The maximum absolute atomic E-state index is 14.0. The zero-order valence-electron chi connectivity index (χ0n) is 22.2. The standard InChI is InChI=1S/C30H30ClF2NO4/c1-15-7-9-18(10-8-15)24-16(2)20-13-34(28(35)19-11-22(31)26(33)23(32)12-19)14-21(20)17(3)25(24)27(29(36)37)38-30(4,5)6/h7-12,27H,13-14H2,1-6H3,(H,36,37). The summed E-state index contributed by atoms with van der Waals surface area (Å²) in [7, 11) is 0. The number of benzene rings is 3. The lowest BCUT2D eigenvalue weighted by atomic mass is 9.83. The van der Waals surface area contributed by atoms with Gasteiger partial charge in [0, 0.05) is 24.2 Å². The van der Waals surface area contributed by atoms with E-state index in [-0.39, 0.29) is 18.7 Å². The summed E-state index contributed by atoms with van der Waals surface area (Å²) in [5.41, 5.74) is 5.67. The van der Waals surface area contributed by atoms with E-state index in [9.17, 15) is 23.5 Å². The van der Waals surface area contributed by atoms with Gasteiger partial charge in [0.2, 0.25) is 0 Å². The van der Waals surface area contributed by atoms with Crippen molar-refractivity contribution in [3.05, 3.63) is 92.0 Å². The van der Waals surface area contributed by atoms with Gasteiger partial charge >= 0.3 is 5.97 Å². The summed E-state index contributed by atoms with van der Waals surface area (Å²) < 4.78 is 33.8. The lowest BCUT2D eigenvalue weighted by molar-refractivity contribution is -0.160. The van der Waals surface area contributed by atoms with Crippen molar-refractivity contribution in [2.24, 2.45) is 0 Å². The van der Waals surface area contributed by atoms with Gasteiger partial charge in [-0.1, -0.05) is 41.4 Å². The minimum atomic E-state index is -1.25. The van der Waals surface area contributed by atoms with Gasteiger partial charge in [0.25, 0.3) is 5.91 Å². The van der Waals surface area contributed by atoms with Crippen LogP contribution in [0.25, 0.3) is 11.1 Å². The molecule has 1 N–H and O–H groups in total. The van der Waals surface area contributed by atoms with Crippen LogP contribution in [-0.2, 0) is 22.6 Å². The van der Waals surface area contributed by atoms with E-state index >= 15 is 0 Å². The van der Waals surface area contributed by atoms with Crippen molar-refractivity contribution in [2.75, 3.05) is 0 Å². The van der Waals surface area contributed by atoms with Gasteiger partial charge in [-0.15, -0.1) is 0 Å². The molecule has 0 saturated carbocycles. The maximum Gasteiger partial charge on any atom is 0.337 e. The van der Waals surface area contributed by atoms with Gasteiger partial charge in [0.1, 0.15) is 0 Å². The largest absolute Gasteiger partial charge is 0.479 e. The number of carbonyl (C=O) groups is 2. The van der Waals surface area contributed by atoms with Gasteiger partial charge in [0.15, 0.2) is 17.7 Å². The molecule has 0 saturated heterocycles. The molecule has 0 fully saturated rings. The van der Waals surface area contributed by atoms with Gasteiger partial charge in [-0.25, -0.2) is 13.6 Å². The molecular formula is C30H30ClF2NO4. The summed E-state index contributed by atoms with van der Waals surface area (Å²) in [6, 6.07) is 9.78. The van der Waals surface area contributed by atoms with Crippen LogP contribution < -0.4 is 0 Å². The molecule has 0 aliphatic carbocycles. The molecule has 0 bridgehead atoms. The number of halogens is 3. The number of ether oxygens (including phenoxy) is 1. The highest BCUT2D eigenvalue weighted by Gasteiger charge is 2.36. The van der Waals surface area contributed by atoms with Gasteiger partial charge in [0.05, 0.1) is 10.6 Å². The van der Waals surface area contributed by atoms with Crippen molar-refractivity contribution in [1.29, 1.82) is 0 Å². The molecule has 200 valence electrons. The molecule has 1 aliphatic rings. The first-order valence-electron chi connectivity index (χ1n) is 12.3. The van der Waals surface area contributed by atoms with Crippen LogP contribution in [-0.4, -0.2) is 27.5 Å². The summed E-state index contributed by atoms with van der Waals surface area (Å²) in [5.74, 6) is -4.01. The average molecular weight is 542 g/mol. The number of rotatable bonds is 5. The smallest absolute Gasteiger partial charge is 0.337 e. The molecule has 38 heavy (non-hydrogen) atoms. The number of amides is 1. The zero-order valence-corrected chi connectivity index (χ0v) is 23.0. The summed E-state index contributed by atoms with van der Waals surface area (Å²) in [5, 5.41) is 9.80. The predicted molar refractivity (Wildman–Crippen MR) is 142 cm³/mol. The van der Waals surface area contributed by atoms with E-state index in [0.717, 1.165) is 51.1 Å². The highest BCUT2D eigenvalue weighted by Crippen LogP contribution is 2.44. The van der Waals surface area contributed by atoms with Gasteiger partial charge in [-0.3, -0.25) is 4.79 Å². The van der Waals surface area contributed by atoms with Crippen LogP contribution >= 0.6 is 11.6 Å². The van der Waals surface area contributed by atoms with Crippen molar-refractivity contribution < 1.29 is 28.2 Å². The average Bonchev–Trinajstić information content (AvgIpc) is 3.29. The van der Waals surface area contributed by atoms with E-state index in [1.54, 1.807) is 20.8 Å². The Kier molecular flexibility index (Phi) is 7.38. The van der Waals surface area contributed by atoms with Crippen LogP contribution in [0.5, 0.6) is 0 Å². The van der Waals surface area contributed by atoms with Crippen LogP contribution in [0.15, 0.2) is 36.4 Å². The summed E-state index contributed by atoms with van der Waals surface area (Å²) in [4.78, 5) is 27.4. The van der Waals surface area contributed by atoms with Crippen molar-refractivity contribution >= 4 is 23.5 Å². The van der Waals surface area contributed by atoms with Crippen LogP contribution in [0.3, 0.4) is 0 Å². The number of carbonyl (C=O) groups excluding carboxylic acids is 1. The Labute approximate surface area is 226 Å². The molecule has 0 aromatic heterocycles. The first-order valence-corrected chi connectivity index (χ1v) is 12.6. The fraction of sp³-hybridized carbons (Fsp3) is 0.333. The van der Waals surface area contributed by atoms with Gasteiger partial charge in [-0.2, -0.15) is 0 Å². The zero-order chi connectivity index (χ0) is 28.1. The highest BCUT2D eigenvalue weighted by atomic mass is 35.5. The van der Waals surface area contributed by atoms with Crippen molar-refractivity contribution in [3.8, 4) is 11.1 Å². The molecular weight excluding hydrogens is 512 g/mol. The second-order valence-electron chi connectivity index (χ2n) is 10.7. The Morgan fingerprint density at radius 1 is 1.00 bits per heavy atom. The van der Waals surface area contributed by atoms with E-state index in [1.807, 2.05) is 45.0 Å². The number of hydrogen-bond acceptors (Lipinski definition) is 3. The number of aryl methyl sites for hydroxylation is 1. The van der Waals surface area contributed by atoms with Crippen LogP contribution in [0.1, 0.15) is 70.6 Å². The second-order valence-corrected chi connectivity index (χ2v) is 11.1. The Hall–Kier alpha value is -3.29. The third kappa shape index (κ3) is 5.18. The summed E-state index contributed by atoms with van der Waals surface area (Å²) in [6.45, 7) is 11.6. The van der Waals surface area contributed by atoms with Crippen molar-refractivity contribution in [3.63, 3.8) is 0 Å². The molecule has 1 amide bonds. The van der Waals surface area contributed by atoms with E-state index in [1.165, 1.54) is 4.90 Å². The molecule has 3 aromatic carbocycles. The molecule has 4 rings (SSSR count). The molecule has 3 aromatic rings. The Balaban J connectivity index is 1.88. The second kappa shape index (κ2) is 10.1. The quantitative estimate of drug-likeness (QED) is 0.344. The molecule has 1 heterocycles. The number of carboxylic acids is 1. The molecule has 0 radical (unpaired) electrons. The van der Waals surface area contributed by atoms with Crippen molar-refractivity contribution in [1.82, 2.24) is 4.90 Å². The lowest BCUT2D eigenvalue weighted by Gasteiger charge is -2.29. The molecule has 1 aliphatic heterocycles. The lowest BCUT2D eigenvalue weighted by Crippen LogP contribution is -2.28. The first-order chi connectivity index (χ1) is 17.7. The van der Waals surface area contributed by atoms with Crippen LogP contribution in [0, 0.1) is 32.4 Å². The molecule has 1 atom stereocenters. The molecule has 8 heteroatoms. The van der Waals surface area contributed by atoms with E-state index in [2.05, 4.69) is 0 Å². The molecule has 0 spiro atoms. The maximum atomic E-state index is 14.0. The fourth-order valence-corrected chi connectivity index (χ4v) is 5.24. The minimum Gasteiger partial charge on any atom is -0.479 e. The SMILES string of the molecule is Cc1ccc(-c2c(C)c3c(c(C)c2C(OC(C)(C)C)C(=O)O)CN(C(=O)c2cc(F)c(F)c(Cl)c2)C3)cc1. The Bertz CT molecular complexity index is 1420. The van der Waals surface area contributed by atoms with E-state index in [0.29, 0.717) is 5.56 Å². The molecule has 5 nitrogen and oxygen atoms in total. The normalized spacial score (nSPS) is 14.0. The van der Waals surface area contributed by atoms with E-state index < -0.39 is 40.2 Å². The predicted octanol–water partition coefficient (Wildman–Crippen LogP) is 7.31. The van der Waals surface area contributed by atoms with E-state index in [4.69, 9.17) is 16.3 Å². The van der Waals surface area contributed by atoms with Gasteiger partial charge < -0.3 is 14.7 Å². The number of aliphatic carboxylic acids is 1. The van der Waals surface area contributed by atoms with Crippen molar-refractivity contribution in [2.45, 2.75) is 66.3 Å². The first kappa shape index (κ1) is 27.7. The monoisotopic (exact) mass is 541 g/mol. The van der Waals surface area contributed by atoms with Gasteiger partial charge in [-0.05, 0) is 87.1 Å². The third-order valence-electron chi connectivity index (χ3n) is 6.83. The molecule has 1 unspecified atom stereocenters.